The van der Waals surface area contributed by atoms with Crippen LogP contribution in [0.25, 0.3) is 0 Å². The Morgan fingerprint density at radius 2 is 1.87 bits per heavy atom. The van der Waals surface area contributed by atoms with Gasteiger partial charge in [-0.05, 0) is 51.7 Å². The summed E-state index contributed by atoms with van der Waals surface area (Å²) in [5.41, 5.74) is 2.45. The van der Waals surface area contributed by atoms with Crippen LogP contribution in [0.15, 0.2) is 48.1 Å². The van der Waals surface area contributed by atoms with Gasteiger partial charge in [0.15, 0.2) is 5.78 Å². The van der Waals surface area contributed by atoms with Crippen molar-refractivity contribution in [1.29, 1.82) is 0 Å². The first-order chi connectivity index (χ1) is 14.6. The van der Waals surface area contributed by atoms with E-state index in [-0.39, 0.29) is 63.6 Å². The van der Waals surface area contributed by atoms with Gasteiger partial charge < -0.3 is 25.2 Å². The first-order valence-corrected chi connectivity index (χ1v) is 10.2. The van der Waals surface area contributed by atoms with Crippen molar-refractivity contribution in [2.75, 3.05) is 0 Å². The summed E-state index contributed by atoms with van der Waals surface area (Å²) in [6.45, 7) is 9.91. The molecule has 2 aromatic carbocycles. The lowest BCUT2D eigenvalue weighted by atomic mass is 9.87. The van der Waals surface area contributed by atoms with Crippen LogP contribution in [0.5, 0.6) is 28.7 Å². The summed E-state index contributed by atoms with van der Waals surface area (Å²) in [5.74, 6) is -1.29. The molecule has 1 heterocycles. The Hall–Kier alpha value is -3.41. The Morgan fingerprint density at radius 3 is 2.52 bits per heavy atom. The second kappa shape index (κ2) is 8.76. The van der Waals surface area contributed by atoms with Crippen molar-refractivity contribution in [2.45, 2.75) is 46.1 Å². The maximum Gasteiger partial charge on any atom is 0.174 e. The predicted octanol–water partition coefficient (Wildman–Crippen LogP) is 5.31. The Bertz CT molecular complexity index is 1060. The van der Waals surface area contributed by atoms with Crippen molar-refractivity contribution in [1.82, 2.24) is 0 Å². The van der Waals surface area contributed by atoms with Crippen molar-refractivity contribution in [3.63, 3.8) is 0 Å². The normalized spacial score (nSPS) is 16.2. The van der Waals surface area contributed by atoms with E-state index < -0.39 is 6.10 Å². The van der Waals surface area contributed by atoms with Crippen LogP contribution in [0.1, 0.15) is 61.2 Å². The summed E-state index contributed by atoms with van der Waals surface area (Å²) in [4.78, 5) is 12.6. The van der Waals surface area contributed by atoms with Crippen LogP contribution < -0.4 is 4.74 Å². The summed E-state index contributed by atoms with van der Waals surface area (Å²) < 4.78 is 5.85. The molecular weight excluding hydrogens is 396 g/mol. The zero-order chi connectivity index (χ0) is 22.9. The fraction of sp³-hybridized carbons (Fsp3) is 0.320. The molecule has 0 fully saturated rings. The van der Waals surface area contributed by atoms with Gasteiger partial charge >= 0.3 is 0 Å². The zero-order valence-electron chi connectivity index (χ0n) is 18.0. The molecule has 0 amide bonds. The summed E-state index contributed by atoms with van der Waals surface area (Å²) in [6, 6.07) is 5.66. The highest BCUT2D eigenvalue weighted by atomic mass is 16.5. The first-order valence-electron chi connectivity index (χ1n) is 10.2. The van der Waals surface area contributed by atoms with Gasteiger partial charge in [0.05, 0.1) is 12.0 Å². The molecule has 6 heteroatoms. The van der Waals surface area contributed by atoms with Crippen molar-refractivity contribution in [3.05, 3.63) is 64.8 Å². The minimum Gasteiger partial charge on any atom is -0.507 e. The van der Waals surface area contributed by atoms with Crippen LogP contribution in [-0.4, -0.2) is 26.2 Å². The van der Waals surface area contributed by atoms with Crippen LogP contribution in [0.3, 0.4) is 0 Å². The first kappa shape index (κ1) is 22.3. The maximum absolute atomic E-state index is 12.6. The molecular formula is C25H28O6. The number of hydrogen-bond donors (Lipinski definition) is 4. The van der Waals surface area contributed by atoms with E-state index in [1.165, 1.54) is 6.07 Å². The van der Waals surface area contributed by atoms with E-state index in [0.29, 0.717) is 12.8 Å². The highest BCUT2D eigenvalue weighted by Gasteiger charge is 2.34. The summed E-state index contributed by atoms with van der Waals surface area (Å²) >= 11 is 0. The number of ether oxygens (including phenoxy) is 1. The van der Waals surface area contributed by atoms with Crippen molar-refractivity contribution < 1.29 is 30.0 Å². The number of phenolic OH excluding ortho intramolecular Hbond substituents is 4. The second-order valence-corrected chi connectivity index (χ2v) is 8.30. The van der Waals surface area contributed by atoms with Gasteiger partial charge in [0, 0.05) is 11.6 Å². The van der Waals surface area contributed by atoms with Crippen LogP contribution in [-0.2, 0) is 6.42 Å². The van der Waals surface area contributed by atoms with Crippen LogP contribution in [0.2, 0.25) is 0 Å². The fourth-order valence-electron chi connectivity index (χ4n) is 3.83. The molecule has 0 aromatic heterocycles. The molecule has 1 aliphatic heterocycles. The van der Waals surface area contributed by atoms with Gasteiger partial charge in [-0.3, -0.25) is 4.79 Å². The number of phenols is 4. The third-order valence-electron chi connectivity index (χ3n) is 5.60. The number of hydrogen-bond acceptors (Lipinski definition) is 6. The molecule has 0 bridgehead atoms. The van der Waals surface area contributed by atoms with Gasteiger partial charge in [0.25, 0.3) is 0 Å². The smallest absolute Gasteiger partial charge is 0.174 e. The summed E-state index contributed by atoms with van der Waals surface area (Å²) in [6.07, 6.45) is 1.95. The molecule has 6 nitrogen and oxygen atoms in total. The SMILES string of the molecule is C=C(C)C(CC=C(C)C)Cc1c(O)cc(O)c([C@@H]2CC(=O)c3c(O)cccc3O2)c1O. The molecule has 31 heavy (non-hydrogen) atoms. The van der Waals surface area contributed by atoms with Crippen LogP contribution >= 0.6 is 0 Å². The lowest BCUT2D eigenvalue weighted by Gasteiger charge is -2.28. The molecule has 0 radical (unpaired) electrons. The zero-order valence-corrected chi connectivity index (χ0v) is 18.0. The van der Waals surface area contributed by atoms with Gasteiger partial charge in [-0.1, -0.05) is 29.9 Å². The van der Waals surface area contributed by atoms with Gasteiger partial charge in [-0.2, -0.15) is 0 Å². The molecule has 0 saturated heterocycles. The number of carbonyl (C=O) groups excluding carboxylic acids is 1. The monoisotopic (exact) mass is 424 g/mol. The number of Topliss-reactive ketones (excluding diaryl/α,β-unsaturated/α-hetero) is 1. The number of rotatable bonds is 6. The minimum absolute atomic E-state index is 0.0318. The van der Waals surface area contributed by atoms with Gasteiger partial charge in [0.1, 0.15) is 40.4 Å². The van der Waals surface area contributed by atoms with Crippen molar-refractivity contribution in [2.24, 2.45) is 5.92 Å². The Kier molecular flexibility index (Phi) is 6.29. The largest absolute Gasteiger partial charge is 0.507 e. The van der Waals surface area contributed by atoms with E-state index in [4.69, 9.17) is 4.74 Å². The third kappa shape index (κ3) is 4.53. The lowest BCUT2D eigenvalue weighted by molar-refractivity contribution is 0.0839. The summed E-state index contributed by atoms with van der Waals surface area (Å²) in [7, 11) is 0. The number of carbonyl (C=O) groups is 1. The van der Waals surface area contributed by atoms with E-state index in [1.807, 2.05) is 20.8 Å². The molecule has 1 unspecified atom stereocenters. The molecule has 164 valence electrons. The number of allylic oxidation sites excluding steroid dienone is 3. The Balaban J connectivity index is 2.00. The molecule has 3 rings (SSSR count). The topological polar surface area (TPSA) is 107 Å². The average Bonchev–Trinajstić information content (AvgIpc) is 2.66. The van der Waals surface area contributed by atoms with Gasteiger partial charge in [-0.15, -0.1) is 0 Å². The van der Waals surface area contributed by atoms with E-state index >= 15 is 0 Å². The van der Waals surface area contributed by atoms with Crippen molar-refractivity contribution >= 4 is 5.78 Å². The average molecular weight is 424 g/mol. The van der Waals surface area contributed by atoms with E-state index in [9.17, 15) is 25.2 Å². The minimum atomic E-state index is -0.956. The predicted molar refractivity (Wildman–Crippen MR) is 118 cm³/mol. The maximum atomic E-state index is 12.6. The quantitative estimate of drug-likeness (QED) is 0.468. The molecule has 0 aliphatic carbocycles. The van der Waals surface area contributed by atoms with Gasteiger partial charge in [-0.25, -0.2) is 0 Å². The highest BCUT2D eigenvalue weighted by molar-refractivity contribution is 6.02. The Morgan fingerprint density at radius 1 is 1.16 bits per heavy atom. The van der Waals surface area contributed by atoms with Crippen LogP contribution in [0.4, 0.5) is 0 Å². The molecule has 2 atom stereocenters. The highest BCUT2D eigenvalue weighted by Crippen LogP contribution is 2.47. The molecule has 0 saturated carbocycles. The van der Waals surface area contributed by atoms with E-state index in [1.54, 1.807) is 12.1 Å². The number of fused-ring (bicyclic) bond motifs is 1. The standard InChI is InChI=1S/C25H28O6/c1-13(2)8-9-15(14(3)4)10-16-18(27)11-19(28)24(25(16)30)22-12-20(29)23-17(26)6-5-7-21(23)31-22/h5-8,11,15,22,26-28,30H,3,9-10,12H2,1-2,4H3/t15?,22-/m0/s1. The second-order valence-electron chi connectivity index (χ2n) is 8.30. The van der Waals surface area contributed by atoms with Crippen LogP contribution in [0, 0.1) is 5.92 Å². The lowest BCUT2D eigenvalue weighted by Crippen LogP contribution is -2.21. The van der Waals surface area contributed by atoms with Crippen molar-refractivity contribution in [3.8, 4) is 28.7 Å². The number of ketones is 1. The van der Waals surface area contributed by atoms with Gasteiger partial charge in [0.2, 0.25) is 0 Å². The summed E-state index contributed by atoms with van der Waals surface area (Å²) in [5, 5.41) is 41.9. The van der Waals surface area contributed by atoms with E-state index in [0.717, 1.165) is 17.2 Å². The fourth-order valence-corrected chi connectivity index (χ4v) is 3.83. The van der Waals surface area contributed by atoms with E-state index in [2.05, 4.69) is 12.7 Å². The molecule has 2 aromatic rings. The number of benzene rings is 2. The molecule has 0 spiro atoms. The third-order valence-corrected chi connectivity index (χ3v) is 5.60. The number of aromatic hydroxyl groups is 4. The molecule has 4 N–H and O–H groups in total. The Labute approximate surface area is 181 Å². The molecule has 1 aliphatic rings.